The molecule has 1 fully saturated rings. The minimum absolute atomic E-state index is 0.0486. The van der Waals surface area contributed by atoms with Crippen LogP contribution < -0.4 is 5.32 Å². The van der Waals surface area contributed by atoms with Crippen molar-refractivity contribution in [2.24, 2.45) is 5.92 Å². The van der Waals surface area contributed by atoms with Gasteiger partial charge in [0.2, 0.25) is 16.9 Å². The van der Waals surface area contributed by atoms with Crippen LogP contribution in [0.4, 0.5) is 5.13 Å². The van der Waals surface area contributed by atoms with Crippen molar-refractivity contribution in [3.8, 4) is 10.6 Å². The highest BCUT2D eigenvalue weighted by molar-refractivity contribution is 9.10. The topological polar surface area (TPSA) is 75.2 Å². The molecule has 1 N–H and O–H groups in total. The van der Waals surface area contributed by atoms with Crippen LogP contribution in [0.15, 0.2) is 89.4 Å². The molecule has 3 aromatic carbocycles. The van der Waals surface area contributed by atoms with E-state index in [1.54, 1.807) is 0 Å². The second kappa shape index (κ2) is 11.4. The molecule has 2 unspecified atom stereocenters. The van der Waals surface area contributed by atoms with Gasteiger partial charge in [-0.15, -0.1) is 10.2 Å². The van der Waals surface area contributed by atoms with Gasteiger partial charge in [-0.1, -0.05) is 100 Å². The third-order valence-corrected chi connectivity index (χ3v) is 8.07. The van der Waals surface area contributed by atoms with Gasteiger partial charge in [0, 0.05) is 28.9 Å². The minimum atomic E-state index is -0.189. The van der Waals surface area contributed by atoms with Crippen LogP contribution in [-0.4, -0.2) is 33.5 Å². The number of nitrogens with zero attached hydrogens (tertiary/aromatic N) is 3. The van der Waals surface area contributed by atoms with Gasteiger partial charge in [-0.2, -0.15) is 0 Å². The number of anilines is 1. The predicted octanol–water partition coefficient (Wildman–Crippen LogP) is 6.69. The van der Waals surface area contributed by atoms with Crippen molar-refractivity contribution in [3.05, 3.63) is 101 Å². The molecular weight excluding hydrogens is 548 g/mol. The molecule has 0 saturated heterocycles. The number of carbonyl (C=O) groups excluding carboxylic acids is 2. The first-order valence-electron chi connectivity index (χ1n) is 12.3. The van der Waals surface area contributed by atoms with E-state index in [0.717, 1.165) is 27.0 Å². The molecule has 1 saturated carbocycles. The summed E-state index contributed by atoms with van der Waals surface area (Å²) in [7, 11) is 0. The SMILES string of the molecule is CC(c1ccccc1)N(CCC(=O)Nc1nnc(-c2cccc(Br)c2)s1)C(=O)C1C[C@H]1c1ccccc1. The van der Waals surface area contributed by atoms with Gasteiger partial charge in [-0.3, -0.25) is 9.59 Å². The van der Waals surface area contributed by atoms with Crippen LogP contribution in [-0.2, 0) is 9.59 Å². The van der Waals surface area contributed by atoms with Crippen molar-refractivity contribution in [1.29, 1.82) is 0 Å². The average Bonchev–Trinajstić information content (AvgIpc) is 3.60. The molecule has 1 heterocycles. The molecule has 8 heteroatoms. The number of aromatic nitrogens is 2. The van der Waals surface area contributed by atoms with E-state index < -0.39 is 0 Å². The molecule has 0 bridgehead atoms. The van der Waals surface area contributed by atoms with Crippen LogP contribution in [0, 0.1) is 5.92 Å². The summed E-state index contributed by atoms with van der Waals surface area (Å²) in [6, 6.07) is 27.8. The first-order chi connectivity index (χ1) is 18.0. The van der Waals surface area contributed by atoms with E-state index >= 15 is 0 Å². The van der Waals surface area contributed by atoms with Gasteiger partial charge in [0.05, 0.1) is 6.04 Å². The fourth-order valence-electron chi connectivity index (χ4n) is 4.57. The highest BCUT2D eigenvalue weighted by atomic mass is 79.9. The number of benzene rings is 3. The smallest absolute Gasteiger partial charge is 0.227 e. The lowest BCUT2D eigenvalue weighted by Gasteiger charge is -2.30. The van der Waals surface area contributed by atoms with Gasteiger partial charge in [0.15, 0.2) is 0 Å². The Hall–Kier alpha value is -3.36. The number of hydrogen-bond acceptors (Lipinski definition) is 5. The maximum atomic E-state index is 13.6. The van der Waals surface area contributed by atoms with E-state index in [4.69, 9.17) is 0 Å². The molecule has 0 spiro atoms. The molecule has 0 aliphatic heterocycles. The zero-order valence-corrected chi connectivity index (χ0v) is 22.8. The predicted molar refractivity (Wildman–Crippen MR) is 150 cm³/mol. The summed E-state index contributed by atoms with van der Waals surface area (Å²) in [5, 5.41) is 12.4. The zero-order chi connectivity index (χ0) is 25.8. The summed E-state index contributed by atoms with van der Waals surface area (Å²) in [4.78, 5) is 28.3. The van der Waals surface area contributed by atoms with Gasteiger partial charge in [0.25, 0.3) is 0 Å². The molecule has 1 aromatic heterocycles. The van der Waals surface area contributed by atoms with E-state index in [9.17, 15) is 9.59 Å². The zero-order valence-electron chi connectivity index (χ0n) is 20.4. The lowest BCUT2D eigenvalue weighted by atomic mass is 10.0. The van der Waals surface area contributed by atoms with E-state index in [2.05, 4.69) is 43.6 Å². The monoisotopic (exact) mass is 574 g/mol. The summed E-state index contributed by atoms with van der Waals surface area (Å²) in [6.45, 7) is 2.36. The fraction of sp³-hybridized carbons (Fsp3) is 0.241. The summed E-state index contributed by atoms with van der Waals surface area (Å²) in [5.74, 6) is 0.106. The summed E-state index contributed by atoms with van der Waals surface area (Å²) in [6.07, 6.45) is 1.02. The Morgan fingerprint density at radius 2 is 1.76 bits per heavy atom. The maximum Gasteiger partial charge on any atom is 0.227 e. The normalized spacial score (nSPS) is 17.1. The van der Waals surface area contributed by atoms with E-state index in [-0.39, 0.29) is 36.1 Å². The molecule has 6 nitrogen and oxygen atoms in total. The van der Waals surface area contributed by atoms with Crippen molar-refractivity contribution < 1.29 is 9.59 Å². The molecule has 5 rings (SSSR count). The number of halogens is 1. The minimum Gasteiger partial charge on any atom is -0.335 e. The van der Waals surface area contributed by atoms with E-state index in [1.165, 1.54) is 16.9 Å². The largest absolute Gasteiger partial charge is 0.335 e. The van der Waals surface area contributed by atoms with E-state index in [1.807, 2.05) is 84.6 Å². The van der Waals surface area contributed by atoms with Gasteiger partial charge in [-0.25, -0.2) is 0 Å². The Labute approximate surface area is 228 Å². The molecule has 1 aliphatic carbocycles. The molecular formula is C29H27BrN4O2S. The quantitative estimate of drug-likeness (QED) is 0.241. The maximum absolute atomic E-state index is 13.6. The van der Waals surface area contributed by atoms with Crippen molar-refractivity contribution in [2.45, 2.75) is 31.7 Å². The van der Waals surface area contributed by atoms with Crippen molar-refractivity contribution >= 4 is 44.2 Å². The Kier molecular flexibility index (Phi) is 7.76. The lowest BCUT2D eigenvalue weighted by molar-refractivity contribution is -0.135. The summed E-state index contributed by atoms with van der Waals surface area (Å²) < 4.78 is 0.952. The van der Waals surface area contributed by atoms with Crippen molar-refractivity contribution in [1.82, 2.24) is 15.1 Å². The molecule has 188 valence electrons. The van der Waals surface area contributed by atoms with Crippen LogP contribution in [0.1, 0.15) is 42.9 Å². The number of carbonyl (C=O) groups is 2. The number of rotatable bonds is 9. The lowest BCUT2D eigenvalue weighted by Crippen LogP contribution is -2.37. The standard InChI is InChI=1S/C29H27BrN4O2S/c1-19(20-9-4-2-5-10-20)34(28(36)25-18-24(25)21-11-6-3-7-12-21)16-15-26(35)31-29-33-32-27(37-29)22-13-8-14-23(30)17-22/h2-14,17,19,24-25H,15-16,18H2,1H3,(H,31,33,35)/t19?,24-,25?/m0/s1. The van der Waals surface area contributed by atoms with Crippen LogP contribution in [0.2, 0.25) is 0 Å². The third kappa shape index (κ3) is 6.14. The molecule has 2 amide bonds. The highest BCUT2D eigenvalue weighted by Crippen LogP contribution is 2.49. The number of hydrogen-bond donors (Lipinski definition) is 1. The Morgan fingerprint density at radius 3 is 2.49 bits per heavy atom. The molecule has 1 aliphatic rings. The Morgan fingerprint density at radius 1 is 1.03 bits per heavy atom. The highest BCUT2D eigenvalue weighted by Gasteiger charge is 2.46. The van der Waals surface area contributed by atoms with Crippen LogP contribution >= 0.6 is 27.3 Å². The second-order valence-corrected chi connectivity index (χ2v) is 11.1. The fourth-order valence-corrected chi connectivity index (χ4v) is 5.73. The first-order valence-corrected chi connectivity index (χ1v) is 13.9. The summed E-state index contributed by atoms with van der Waals surface area (Å²) >= 11 is 4.79. The molecule has 0 radical (unpaired) electrons. The van der Waals surface area contributed by atoms with Gasteiger partial charge in [-0.05, 0) is 42.5 Å². The van der Waals surface area contributed by atoms with Gasteiger partial charge >= 0.3 is 0 Å². The third-order valence-electron chi connectivity index (χ3n) is 6.69. The Bertz CT molecular complexity index is 1380. The molecule has 37 heavy (non-hydrogen) atoms. The van der Waals surface area contributed by atoms with Gasteiger partial charge in [0.1, 0.15) is 5.01 Å². The number of amides is 2. The van der Waals surface area contributed by atoms with E-state index in [0.29, 0.717) is 11.7 Å². The van der Waals surface area contributed by atoms with Crippen molar-refractivity contribution in [3.63, 3.8) is 0 Å². The summed E-state index contributed by atoms with van der Waals surface area (Å²) in [5.41, 5.74) is 3.18. The second-order valence-electron chi connectivity index (χ2n) is 9.20. The average molecular weight is 576 g/mol. The first kappa shape index (κ1) is 25.3. The van der Waals surface area contributed by atoms with Crippen LogP contribution in [0.3, 0.4) is 0 Å². The van der Waals surface area contributed by atoms with Crippen LogP contribution in [0.25, 0.3) is 10.6 Å². The van der Waals surface area contributed by atoms with Crippen molar-refractivity contribution in [2.75, 3.05) is 11.9 Å². The molecule has 4 aromatic rings. The van der Waals surface area contributed by atoms with Crippen LogP contribution in [0.5, 0.6) is 0 Å². The number of nitrogens with one attached hydrogen (secondary N) is 1. The Balaban J connectivity index is 1.25. The molecule has 3 atom stereocenters. The van der Waals surface area contributed by atoms with Gasteiger partial charge < -0.3 is 10.2 Å².